The molecule has 1 N–H and O–H groups in total. The molecule has 90 valence electrons. The van der Waals surface area contributed by atoms with E-state index in [1.807, 2.05) is 0 Å². The number of H-pyrrole nitrogens is 1. The Morgan fingerprint density at radius 3 is 2.82 bits per heavy atom. The van der Waals surface area contributed by atoms with Crippen LogP contribution in [0, 0.1) is 0 Å². The Morgan fingerprint density at radius 1 is 1.41 bits per heavy atom. The molecular formula is C12H12ClNO3. The maximum absolute atomic E-state index is 11.3. The summed E-state index contributed by atoms with van der Waals surface area (Å²) in [6.07, 6.45) is 1.93. The molecule has 4 nitrogen and oxygen atoms in total. The highest BCUT2D eigenvalue weighted by molar-refractivity contribution is 6.36. The monoisotopic (exact) mass is 253 g/mol. The van der Waals surface area contributed by atoms with Crippen LogP contribution in [0.25, 0.3) is 10.9 Å². The first kappa shape index (κ1) is 11.8. The maximum atomic E-state index is 11.3. The first-order chi connectivity index (χ1) is 8.17. The standard InChI is InChI=1S/C12H12ClNO3/c1-16-9-4-3-8(13)11-7(5-10(15)17-2)6-14-12(9)11/h3-4,6,14H,5H2,1-2H3. The van der Waals surface area contributed by atoms with E-state index in [0.29, 0.717) is 10.8 Å². The van der Waals surface area contributed by atoms with Crippen LogP contribution in [0.3, 0.4) is 0 Å². The summed E-state index contributed by atoms with van der Waals surface area (Å²) in [5.74, 6) is 0.394. The van der Waals surface area contributed by atoms with Crippen LogP contribution in [0.2, 0.25) is 5.02 Å². The Balaban J connectivity index is 2.55. The molecule has 17 heavy (non-hydrogen) atoms. The molecule has 5 heteroatoms. The highest BCUT2D eigenvalue weighted by Gasteiger charge is 2.14. The lowest BCUT2D eigenvalue weighted by molar-refractivity contribution is -0.139. The predicted octanol–water partition coefficient (Wildman–Crippen LogP) is 2.55. The molecule has 2 rings (SSSR count). The summed E-state index contributed by atoms with van der Waals surface area (Å²) in [5, 5.41) is 1.39. The van der Waals surface area contributed by atoms with Crippen LogP contribution in [0.15, 0.2) is 18.3 Å². The second-order valence-electron chi connectivity index (χ2n) is 3.57. The Hall–Kier alpha value is -1.68. The lowest BCUT2D eigenvalue weighted by Crippen LogP contribution is -2.03. The third-order valence-electron chi connectivity index (χ3n) is 2.61. The molecule has 0 aliphatic rings. The number of nitrogens with one attached hydrogen (secondary N) is 1. The van der Waals surface area contributed by atoms with Crippen LogP contribution in [0.1, 0.15) is 5.56 Å². The van der Waals surface area contributed by atoms with Crippen molar-refractivity contribution < 1.29 is 14.3 Å². The van der Waals surface area contributed by atoms with Gasteiger partial charge in [-0.25, -0.2) is 0 Å². The lowest BCUT2D eigenvalue weighted by Gasteiger charge is -2.04. The van der Waals surface area contributed by atoms with Crippen molar-refractivity contribution >= 4 is 28.5 Å². The number of benzene rings is 1. The largest absolute Gasteiger partial charge is 0.495 e. The maximum Gasteiger partial charge on any atom is 0.310 e. The van der Waals surface area contributed by atoms with Gasteiger partial charge in [0.1, 0.15) is 5.75 Å². The third kappa shape index (κ3) is 2.08. The van der Waals surface area contributed by atoms with Crippen LogP contribution in [0.4, 0.5) is 0 Å². The normalized spacial score (nSPS) is 10.5. The van der Waals surface area contributed by atoms with Crippen molar-refractivity contribution in [2.45, 2.75) is 6.42 Å². The van der Waals surface area contributed by atoms with Crippen molar-refractivity contribution in [3.8, 4) is 5.75 Å². The summed E-state index contributed by atoms with van der Waals surface area (Å²) in [6.45, 7) is 0. The zero-order valence-electron chi connectivity index (χ0n) is 9.54. The molecule has 0 aliphatic carbocycles. The first-order valence-corrected chi connectivity index (χ1v) is 5.44. The Morgan fingerprint density at radius 2 is 2.18 bits per heavy atom. The van der Waals surface area contributed by atoms with E-state index in [1.165, 1.54) is 7.11 Å². The summed E-state index contributed by atoms with van der Waals surface area (Å²) < 4.78 is 9.86. The number of hydrogen-bond donors (Lipinski definition) is 1. The smallest absolute Gasteiger partial charge is 0.310 e. The fourth-order valence-electron chi connectivity index (χ4n) is 1.78. The van der Waals surface area contributed by atoms with Crippen molar-refractivity contribution in [2.24, 2.45) is 0 Å². The van der Waals surface area contributed by atoms with E-state index in [9.17, 15) is 4.79 Å². The van der Waals surface area contributed by atoms with Crippen LogP contribution in [0.5, 0.6) is 5.75 Å². The van der Waals surface area contributed by atoms with Crippen molar-refractivity contribution in [2.75, 3.05) is 14.2 Å². The molecule has 0 aliphatic heterocycles. The molecule has 0 amide bonds. The zero-order chi connectivity index (χ0) is 12.4. The molecule has 0 saturated carbocycles. The second-order valence-corrected chi connectivity index (χ2v) is 3.97. The number of hydrogen-bond acceptors (Lipinski definition) is 3. The summed E-state index contributed by atoms with van der Waals surface area (Å²) >= 11 is 6.13. The van der Waals surface area contributed by atoms with Gasteiger partial charge in [-0.2, -0.15) is 0 Å². The number of carbonyl (C=O) groups excluding carboxylic acids is 1. The number of rotatable bonds is 3. The fraction of sp³-hybridized carbons (Fsp3) is 0.250. The van der Waals surface area contributed by atoms with E-state index < -0.39 is 0 Å². The number of fused-ring (bicyclic) bond motifs is 1. The van der Waals surface area contributed by atoms with Gasteiger partial charge in [-0.15, -0.1) is 0 Å². The van der Waals surface area contributed by atoms with Gasteiger partial charge >= 0.3 is 5.97 Å². The second kappa shape index (κ2) is 4.67. The van der Waals surface area contributed by atoms with Gasteiger partial charge in [-0.1, -0.05) is 11.6 Å². The predicted molar refractivity (Wildman–Crippen MR) is 65.6 cm³/mol. The minimum atomic E-state index is -0.301. The Labute approximate surface area is 103 Å². The summed E-state index contributed by atoms with van der Waals surface area (Å²) in [4.78, 5) is 14.3. The molecule has 0 unspecified atom stereocenters. The summed E-state index contributed by atoms with van der Waals surface area (Å²) in [5.41, 5.74) is 1.59. The first-order valence-electron chi connectivity index (χ1n) is 5.06. The van der Waals surface area contributed by atoms with E-state index in [1.54, 1.807) is 25.4 Å². The Bertz CT molecular complexity index is 562. The van der Waals surface area contributed by atoms with Crippen LogP contribution < -0.4 is 4.74 Å². The average Bonchev–Trinajstić information content (AvgIpc) is 2.74. The van der Waals surface area contributed by atoms with Crippen molar-refractivity contribution in [1.82, 2.24) is 4.98 Å². The van der Waals surface area contributed by atoms with Gasteiger partial charge < -0.3 is 14.5 Å². The number of aromatic nitrogens is 1. The van der Waals surface area contributed by atoms with Crippen LogP contribution in [-0.2, 0) is 16.0 Å². The van der Waals surface area contributed by atoms with E-state index in [4.69, 9.17) is 16.3 Å². The quantitative estimate of drug-likeness (QED) is 0.856. The number of methoxy groups -OCH3 is 2. The molecule has 0 spiro atoms. The average molecular weight is 254 g/mol. The number of aromatic amines is 1. The van der Waals surface area contributed by atoms with Gasteiger partial charge in [0, 0.05) is 11.6 Å². The number of esters is 1. The summed E-state index contributed by atoms with van der Waals surface area (Å²) in [6, 6.07) is 3.53. The van der Waals surface area contributed by atoms with Gasteiger partial charge in [0.2, 0.25) is 0 Å². The fourth-order valence-corrected chi connectivity index (χ4v) is 2.06. The van der Waals surface area contributed by atoms with E-state index in [0.717, 1.165) is 16.5 Å². The minimum Gasteiger partial charge on any atom is -0.495 e. The number of halogens is 1. The van der Waals surface area contributed by atoms with Gasteiger partial charge in [-0.05, 0) is 17.7 Å². The molecule has 0 saturated heterocycles. The van der Waals surface area contributed by atoms with Gasteiger partial charge in [0.15, 0.2) is 0 Å². The molecule has 0 radical (unpaired) electrons. The molecular weight excluding hydrogens is 242 g/mol. The highest BCUT2D eigenvalue weighted by atomic mass is 35.5. The minimum absolute atomic E-state index is 0.184. The van der Waals surface area contributed by atoms with Crippen molar-refractivity contribution in [3.63, 3.8) is 0 Å². The highest BCUT2D eigenvalue weighted by Crippen LogP contribution is 2.33. The molecule has 0 bridgehead atoms. The zero-order valence-corrected chi connectivity index (χ0v) is 10.3. The van der Waals surface area contributed by atoms with Gasteiger partial charge in [-0.3, -0.25) is 4.79 Å². The molecule has 0 fully saturated rings. The third-order valence-corrected chi connectivity index (χ3v) is 2.93. The van der Waals surface area contributed by atoms with Crippen LogP contribution >= 0.6 is 11.6 Å². The molecule has 2 aromatic rings. The molecule has 1 heterocycles. The molecule has 1 aromatic carbocycles. The SMILES string of the molecule is COC(=O)Cc1c[nH]c2c(OC)ccc(Cl)c12. The molecule has 1 aromatic heterocycles. The van der Waals surface area contributed by atoms with E-state index >= 15 is 0 Å². The number of carbonyl (C=O) groups is 1. The van der Waals surface area contributed by atoms with Crippen LogP contribution in [-0.4, -0.2) is 25.2 Å². The number of ether oxygens (including phenoxy) is 2. The topological polar surface area (TPSA) is 51.3 Å². The van der Waals surface area contributed by atoms with Gasteiger partial charge in [0.05, 0.1) is 31.2 Å². The van der Waals surface area contributed by atoms with E-state index in [-0.39, 0.29) is 12.4 Å². The van der Waals surface area contributed by atoms with Crippen molar-refractivity contribution in [3.05, 3.63) is 28.9 Å². The van der Waals surface area contributed by atoms with E-state index in [2.05, 4.69) is 9.72 Å². The lowest BCUT2D eigenvalue weighted by atomic mass is 10.1. The molecule has 0 atom stereocenters. The Kier molecular flexibility index (Phi) is 3.24. The summed E-state index contributed by atoms with van der Waals surface area (Å²) in [7, 11) is 2.95. The van der Waals surface area contributed by atoms with Crippen molar-refractivity contribution in [1.29, 1.82) is 0 Å². The van der Waals surface area contributed by atoms with Gasteiger partial charge in [0.25, 0.3) is 0 Å².